The minimum absolute atomic E-state index is 0.0147. The first-order chi connectivity index (χ1) is 9.42. The Morgan fingerprint density at radius 2 is 2.00 bits per heavy atom. The molecule has 0 saturated carbocycles. The average Bonchev–Trinajstić information content (AvgIpc) is 2.44. The Kier molecular flexibility index (Phi) is 6.02. The molecular weight excluding hydrogens is 250 g/mol. The second-order valence-electron chi connectivity index (χ2n) is 5.27. The van der Waals surface area contributed by atoms with Gasteiger partial charge in [0.05, 0.1) is 6.04 Å². The summed E-state index contributed by atoms with van der Waals surface area (Å²) in [5.41, 5.74) is 8.28. The molecule has 2 atom stereocenters. The second kappa shape index (κ2) is 7.29. The number of rotatable bonds is 6. The SMILES string of the molecule is CCC(C)N(CC)C(C)C(=O)Nc1cccc(N)c1C. The third-order valence-corrected chi connectivity index (χ3v) is 4.03. The minimum Gasteiger partial charge on any atom is -0.398 e. The summed E-state index contributed by atoms with van der Waals surface area (Å²) in [6.07, 6.45) is 1.03. The zero-order valence-electron chi connectivity index (χ0n) is 13.2. The Bertz CT molecular complexity index is 459. The average molecular weight is 277 g/mol. The number of hydrogen-bond donors (Lipinski definition) is 2. The fourth-order valence-electron chi connectivity index (χ4n) is 2.38. The van der Waals surface area contributed by atoms with Gasteiger partial charge in [-0.25, -0.2) is 0 Å². The van der Waals surface area contributed by atoms with Crippen molar-refractivity contribution in [2.75, 3.05) is 17.6 Å². The molecule has 0 saturated heterocycles. The van der Waals surface area contributed by atoms with Crippen molar-refractivity contribution in [3.8, 4) is 0 Å². The van der Waals surface area contributed by atoms with Gasteiger partial charge in [-0.3, -0.25) is 9.69 Å². The van der Waals surface area contributed by atoms with E-state index in [2.05, 4.69) is 31.0 Å². The van der Waals surface area contributed by atoms with Gasteiger partial charge in [0.1, 0.15) is 0 Å². The van der Waals surface area contributed by atoms with Crippen molar-refractivity contribution in [2.24, 2.45) is 0 Å². The first-order valence-corrected chi connectivity index (χ1v) is 7.34. The molecule has 0 aromatic heterocycles. The maximum absolute atomic E-state index is 12.4. The summed E-state index contributed by atoms with van der Waals surface area (Å²) < 4.78 is 0. The van der Waals surface area contributed by atoms with Gasteiger partial charge in [0.25, 0.3) is 0 Å². The number of carbonyl (C=O) groups is 1. The van der Waals surface area contributed by atoms with Crippen LogP contribution in [-0.2, 0) is 4.79 Å². The summed E-state index contributed by atoms with van der Waals surface area (Å²) >= 11 is 0. The molecule has 4 heteroatoms. The van der Waals surface area contributed by atoms with Gasteiger partial charge in [0, 0.05) is 17.4 Å². The maximum Gasteiger partial charge on any atom is 0.241 e. The summed E-state index contributed by atoms with van der Waals surface area (Å²) in [7, 11) is 0. The predicted octanol–water partition coefficient (Wildman–Crippen LogP) is 3.02. The van der Waals surface area contributed by atoms with E-state index >= 15 is 0 Å². The number of likely N-dealkylation sites (N-methyl/N-ethyl adjacent to an activating group) is 1. The second-order valence-corrected chi connectivity index (χ2v) is 5.27. The zero-order valence-corrected chi connectivity index (χ0v) is 13.2. The predicted molar refractivity (Wildman–Crippen MR) is 85.8 cm³/mol. The molecule has 0 aliphatic heterocycles. The van der Waals surface area contributed by atoms with E-state index in [1.165, 1.54) is 0 Å². The van der Waals surface area contributed by atoms with Crippen molar-refractivity contribution in [3.63, 3.8) is 0 Å². The highest BCUT2D eigenvalue weighted by Gasteiger charge is 2.23. The lowest BCUT2D eigenvalue weighted by Gasteiger charge is -2.32. The van der Waals surface area contributed by atoms with Crippen LogP contribution in [0, 0.1) is 6.92 Å². The van der Waals surface area contributed by atoms with Crippen LogP contribution in [0.4, 0.5) is 11.4 Å². The minimum atomic E-state index is -0.157. The van der Waals surface area contributed by atoms with E-state index in [-0.39, 0.29) is 11.9 Å². The molecule has 1 aromatic rings. The number of anilines is 2. The van der Waals surface area contributed by atoms with Gasteiger partial charge in [-0.1, -0.05) is 19.9 Å². The van der Waals surface area contributed by atoms with E-state index < -0.39 is 0 Å². The topological polar surface area (TPSA) is 58.4 Å². The fourth-order valence-corrected chi connectivity index (χ4v) is 2.38. The van der Waals surface area contributed by atoms with Gasteiger partial charge in [0.15, 0.2) is 0 Å². The largest absolute Gasteiger partial charge is 0.398 e. The van der Waals surface area contributed by atoms with Crippen LogP contribution in [0.3, 0.4) is 0 Å². The highest BCUT2D eigenvalue weighted by Crippen LogP contribution is 2.21. The number of nitrogen functional groups attached to an aromatic ring is 1. The molecule has 1 rings (SSSR count). The Morgan fingerprint density at radius 3 is 2.55 bits per heavy atom. The van der Waals surface area contributed by atoms with Crippen LogP contribution in [0.1, 0.15) is 39.7 Å². The summed E-state index contributed by atoms with van der Waals surface area (Å²) in [5.74, 6) is 0.0147. The normalized spacial score (nSPS) is 14.1. The third kappa shape index (κ3) is 3.73. The standard InChI is InChI=1S/C16H27N3O/c1-6-11(3)19(7-2)13(5)16(20)18-15-10-8-9-14(17)12(15)4/h8-11,13H,6-7,17H2,1-5H3,(H,18,20). The number of nitrogens with zero attached hydrogens (tertiary/aromatic N) is 1. The van der Waals surface area contributed by atoms with Crippen molar-refractivity contribution in [1.29, 1.82) is 0 Å². The van der Waals surface area contributed by atoms with Crippen LogP contribution in [0.25, 0.3) is 0 Å². The molecule has 0 spiro atoms. The number of hydrogen-bond acceptors (Lipinski definition) is 3. The number of carbonyl (C=O) groups excluding carboxylic acids is 1. The molecule has 4 nitrogen and oxygen atoms in total. The van der Waals surface area contributed by atoms with Gasteiger partial charge in [-0.05, 0) is 51.4 Å². The molecule has 3 N–H and O–H groups in total. The number of amides is 1. The molecule has 20 heavy (non-hydrogen) atoms. The van der Waals surface area contributed by atoms with Gasteiger partial charge >= 0.3 is 0 Å². The van der Waals surface area contributed by atoms with E-state index in [0.717, 1.165) is 24.2 Å². The smallest absolute Gasteiger partial charge is 0.241 e. The lowest BCUT2D eigenvalue weighted by molar-refractivity contribution is -0.121. The lowest BCUT2D eigenvalue weighted by atomic mass is 10.1. The zero-order chi connectivity index (χ0) is 15.3. The molecule has 0 bridgehead atoms. The number of nitrogens with one attached hydrogen (secondary N) is 1. The molecule has 112 valence electrons. The molecule has 1 amide bonds. The van der Waals surface area contributed by atoms with Gasteiger partial charge in [-0.15, -0.1) is 0 Å². The van der Waals surface area contributed by atoms with Crippen molar-refractivity contribution in [2.45, 2.75) is 53.1 Å². The summed E-state index contributed by atoms with van der Waals surface area (Å²) in [6, 6.07) is 5.81. The first kappa shape index (κ1) is 16.5. The molecular formula is C16H27N3O. The van der Waals surface area contributed by atoms with Gasteiger partial charge in [0.2, 0.25) is 5.91 Å². The van der Waals surface area contributed by atoms with Crippen LogP contribution in [-0.4, -0.2) is 29.4 Å². The van der Waals surface area contributed by atoms with E-state index in [4.69, 9.17) is 5.73 Å². The van der Waals surface area contributed by atoms with Crippen LogP contribution in [0.5, 0.6) is 0 Å². The Balaban J connectivity index is 2.82. The summed E-state index contributed by atoms with van der Waals surface area (Å²) in [5, 5.41) is 2.98. The summed E-state index contributed by atoms with van der Waals surface area (Å²) in [4.78, 5) is 14.6. The highest BCUT2D eigenvalue weighted by molar-refractivity contribution is 5.95. The summed E-state index contributed by atoms with van der Waals surface area (Å²) in [6.45, 7) is 11.1. The molecule has 2 unspecified atom stereocenters. The molecule has 0 aliphatic rings. The maximum atomic E-state index is 12.4. The van der Waals surface area contributed by atoms with E-state index in [9.17, 15) is 4.79 Å². The Hall–Kier alpha value is -1.55. The lowest BCUT2D eigenvalue weighted by Crippen LogP contribution is -2.46. The van der Waals surface area contributed by atoms with E-state index in [0.29, 0.717) is 11.7 Å². The van der Waals surface area contributed by atoms with Crippen molar-refractivity contribution in [3.05, 3.63) is 23.8 Å². The van der Waals surface area contributed by atoms with Crippen LogP contribution in [0.15, 0.2) is 18.2 Å². The van der Waals surface area contributed by atoms with Crippen LogP contribution in [0.2, 0.25) is 0 Å². The van der Waals surface area contributed by atoms with Gasteiger partial charge < -0.3 is 11.1 Å². The molecule has 0 aliphatic carbocycles. The highest BCUT2D eigenvalue weighted by atomic mass is 16.2. The Morgan fingerprint density at radius 1 is 1.35 bits per heavy atom. The fraction of sp³-hybridized carbons (Fsp3) is 0.562. The van der Waals surface area contributed by atoms with Gasteiger partial charge in [-0.2, -0.15) is 0 Å². The third-order valence-electron chi connectivity index (χ3n) is 4.03. The van der Waals surface area contributed by atoms with Crippen LogP contribution < -0.4 is 11.1 Å². The van der Waals surface area contributed by atoms with E-state index in [1.807, 2.05) is 32.0 Å². The van der Waals surface area contributed by atoms with Crippen molar-refractivity contribution >= 4 is 17.3 Å². The molecule has 0 radical (unpaired) electrons. The van der Waals surface area contributed by atoms with Crippen LogP contribution >= 0.6 is 0 Å². The number of nitrogens with two attached hydrogens (primary N) is 1. The molecule has 0 heterocycles. The van der Waals surface area contributed by atoms with E-state index in [1.54, 1.807) is 0 Å². The monoisotopic (exact) mass is 277 g/mol. The Labute approximate surface area is 122 Å². The quantitative estimate of drug-likeness (QED) is 0.786. The number of benzene rings is 1. The van der Waals surface area contributed by atoms with Crippen molar-refractivity contribution < 1.29 is 4.79 Å². The molecule has 1 aromatic carbocycles. The molecule has 0 fully saturated rings. The van der Waals surface area contributed by atoms with Crippen molar-refractivity contribution in [1.82, 2.24) is 4.90 Å². The first-order valence-electron chi connectivity index (χ1n) is 7.34.